The lowest BCUT2D eigenvalue weighted by molar-refractivity contribution is 0.116. The van der Waals surface area contributed by atoms with Gasteiger partial charge in [-0.05, 0) is 68.4 Å². The predicted molar refractivity (Wildman–Crippen MR) is 139 cm³/mol. The molecule has 7 nitrogen and oxygen atoms in total. The molecule has 1 aliphatic rings. The van der Waals surface area contributed by atoms with Gasteiger partial charge in [0.15, 0.2) is 0 Å². The molecular weight excluding hydrogens is 436 g/mol. The number of hydrogen-bond donors (Lipinski definition) is 1. The van der Waals surface area contributed by atoms with Gasteiger partial charge < -0.3 is 19.5 Å². The van der Waals surface area contributed by atoms with Crippen LogP contribution in [0, 0.1) is 0 Å². The Morgan fingerprint density at radius 3 is 2.74 bits per heavy atom. The number of fused-ring (bicyclic) bond motifs is 2. The lowest BCUT2D eigenvalue weighted by Crippen LogP contribution is -2.35. The average Bonchev–Trinajstić information content (AvgIpc) is 3.28. The second-order valence-electron chi connectivity index (χ2n) is 9.16. The molecule has 3 aromatic heterocycles. The van der Waals surface area contributed by atoms with Gasteiger partial charge in [0.05, 0.1) is 23.1 Å². The van der Waals surface area contributed by atoms with Crippen LogP contribution in [0.4, 0.5) is 11.5 Å². The van der Waals surface area contributed by atoms with Crippen molar-refractivity contribution in [1.82, 2.24) is 24.4 Å². The first-order valence-corrected chi connectivity index (χ1v) is 12.1. The molecule has 5 aromatic rings. The molecule has 4 heterocycles. The second kappa shape index (κ2) is 9.35. The third-order valence-electron chi connectivity index (χ3n) is 6.68. The molecular formula is C28H28N6O. The van der Waals surface area contributed by atoms with Crippen LogP contribution in [-0.2, 0) is 6.54 Å². The Bertz CT molecular complexity index is 1450. The first-order valence-electron chi connectivity index (χ1n) is 12.1. The first-order chi connectivity index (χ1) is 17.2. The van der Waals surface area contributed by atoms with Crippen molar-refractivity contribution in [2.24, 2.45) is 0 Å². The number of ether oxygens (including phenoxy) is 1. The van der Waals surface area contributed by atoms with Crippen molar-refractivity contribution < 1.29 is 4.74 Å². The van der Waals surface area contributed by atoms with Gasteiger partial charge in [-0.3, -0.25) is 4.98 Å². The monoisotopic (exact) mass is 464 g/mol. The highest BCUT2D eigenvalue weighted by Gasteiger charge is 2.20. The number of likely N-dealkylation sites (tertiary alicyclic amines) is 1. The van der Waals surface area contributed by atoms with Gasteiger partial charge in [-0.15, -0.1) is 0 Å². The molecule has 1 N–H and O–H groups in total. The zero-order valence-corrected chi connectivity index (χ0v) is 19.8. The van der Waals surface area contributed by atoms with Crippen molar-refractivity contribution in [2.45, 2.75) is 25.5 Å². The second-order valence-corrected chi connectivity index (χ2v) is 9.16. The summed E-state index contributed by atoms with van der Waals surface area (Å²) < 4.78 is 8.69. The summed E-state index contributed by atoms with van der Waals surface area (Å²) in [4.78, 5) is 15.9. The zero-order chi connectivity index (χ0) is 23.6. The fraction of sp³-hybridized carbons (Fsp3) is 0.250. The molecule has 0 atom stereocenters. The topological polar surface area (TPSA) is 68.1 Å². The van der Waals surface area contributed by atoms with E-state index < -0.39 is 0 Å². The molecule has 0 aliphatic carbocycles. The molecule has 0 radical (unpaired) electrons. The Labute approximate surface area is 204 Å². The van der Waals surface area contributed by atoms with Crippen LogP contribution in [-0.4, -0.2) is 50.7 Å². The number of anilines is 2. The van der Waals surface area contributed by atoms with Gasteiger partial charge >= 0.3 is 0 Å². The lowest BCUT2D eigenvalue weighted by atomic mass is 10.1. The SMILES string of the molecule is CN1CCC(Oc2cccc3ncnc(Nc4ccc5c(ccn5Cc5ccccn5)c4)c23)CC1. The number of nitrogens with one attached hydrogen (secondary N) is 1. The third-order valence-corrected chi connectivity index (χ3v) is 6.68. The average molecular weight is 465 g/mol. The molecule has 0 saturated carbocycles. The highest BCUT2D eigenvalue weighted by molar-refractivity contribution is 5.96. The third kappa shape index (κ3) is 4.55. The van der Waals surface area contributed by atoms with E-state index in [0.717, 1.165) is 71.7 Å². The Morgan fingerprint density at radius 1 is 0.971 bits per heavy atom. The smallest absolute Gasteiger partial charge is 0.145 e. The van der Waals surface area contributed by atoms with Crippen LogP contribution in [0.5, 0.6) is 5.75 Å². The van der Waals surface area contributed by atoms with Crippen LogP contribution >= 0.6 is 0 Å². The minimum absolute atomic E-state index is 0.208. The van der Waals surface area contributed by atoms with Crippen LogP contribution in [0.2, 0.25) is 0 Å². The molecule has 6 rings (SSSR count). The van der Waals surface area contributed by atoms with Crippen LogP contribution in [0.3, 0.4) is 0 Å². The summed E-state index contributed by atoms with van der Waals surface area (Å²) in [6.45, 7) is 2.85. The van der Waals surface area contributed by atoms with Crippen LogP contribution in [0.15, 0.2) is 79.4 Å². The number of piperidine rings is 1. The molecule has 1 aliphatic heterocycles. The lowest BCUT2D eigenvalue weighted by Gasteiger charge is -2.29. The van der Waals surface area contributed by atoms with Crippen molar-refractivity contribution in [2.75, 3.05) is 25.5 Å². The largest absolute Gasteiger partial charge is 0.489 e. The Hall–Kier alpha value is -3.97. The summed E-state index contributed by atoms with van der Waals surface area (Å²) >= 11 is 0. The van der Waals surface area contributed by atoms with E-state index in [1.165, 1.54) is 5.52 Å². The number of aromatic nitrogens is 4. The number of nitrogens with zero attached hydrogens (tertiary/aromatic N) is 5. The maximum atomic E-state index is 6.47. The van der Waals surface area contributed by atoms with E-state index in [4.69, 9.17) is 4.74 Å². The van der Waals surface area contributed by atoms with E-state index in [0.29, 0.717) is 0 Å². The quantitative estimate of drug-likeness (QED) is 0.370. The molecule has 2 aromatic carbocycles. The minimum Gasteiger partial charge on any atom is -0.489 e. The van der Waals surface area contributed by atoms with Crippen molar-refractivity contribution in [3.63, 3.8) is 0 Å². The number of benzene rings is 2. The molecule has 0 unspecified atom stereocenters. The van der Waals surface area contributed by atoms with Gasteiger partial charge in [0.1, 0.15) is 24.0 Å². The van der Waals surface area contributed by atoms with E-state index in [1.807, 2.05) is 42.6 Å². The normalized spacial score (nSPS) is 15.0. The zero-order valence-electron chi connectivity index (χ0n) is 19.8. The molecule has 1 saturated heterocycles. The highest BCUT2D eigenvalue weighted by Crippen LogP contribution is 2.33. The fourth-order valence-corrected chi connectivity index (χ4v) is 4.77. The van der Waals surface area contributed by atoms with E-state index in [-0.39, 0.29) is 6.10 Å². The van der Waals surface area contributed by atoms with Gasteiger partial charge in [0.2, 0.25) is 0 Å². The molecule has 1 fully saturated rings. The maximum absolute atomic E-state index is 6.47. The van der Waals surface area contributed by atoms with Crippen molar-refractivity contribution in [1.29, 1.82) is 0 Å². The van der Waals surface area contributed by atoms with Crippen molar-refractivity contribution in [3.8, 4) is 5.75 Å². The van der Waals surface area contributed by atoms with E-state index in [1.54, 1.807) is 6.33 Å². The highest BCUT2D eigenvalue weighted by atomic mass is 16.5. The Kier molecular flexibility index (Phi) is 5.76. The van der Waals surface area contributed by atoms with Crippen LogP contribution in [0.25, 0.3) is 21.8 Å². The van der Waals surface area contributed by atoms with E-state index >= 15 is 0 Å². The molecule has 0 bridgehead atoms. The molecule has 0 spiro atoms. The minimum atomic E-state index is 0.208. The van der Waals surface area contributed by atoms with Crippen molar-refractivity contribution >= 4 is 33.3 Å². The fourth-order valence-electron chi connectivity index (χ4n) is 4.77. The molecule has 35 heavy (non-hydrogen) atoms. The summed E-state index contributed by atoms with van der Waals surface area (Å²) in [6, 6.07) is 20.6. The number of pyridine rings is 1. The Morgan fingerprint density at radius 2 is 1.89 bits per heavy atom. The summed E-state index contributed by atoms with van der Waals surface area (Å²) in [5.41, 5.74) is 4.05. The van der Waals surface area contributed by atoms with Crippen molar-refractivity contribution in [3.05, 3.63) is 85.1 Å². The maximum Gasteiger partial charge on any atom is 0.145 e. The summed E-state index contributed by atoms with van der Waals surface area (Å²) in [7, 11) is 2.16. The first kappa shape index (κ1) is 21.6. The van der Waals surface area contributed by atoms with E-state index in [2.05, 4.69) is 67.2 Å². The Balaban J connectivity index is 1.28. The molecule has 7 heteroatoms. The van der Waals surface area contributed by atoms with Gasteiger partial charge in [0, 0.05) is 42.1 Å². The van der Waals surface area contributed by atoms with Gasteiger partial charge in [-0.2, -0.15) is 0 Å². The van der Waals surface area contributed by atoms with Gasteiger partial charge in [0.25, 0.3) is 0 Å². The summed E-state index contributed by atoms with van der Waals surface area (Å²) in [6.07, 6.45) is 7.80. The van der Waals surface area contributed by atoms with Gasteiger partial charge in [-0.1, -0.05) is 12.1 Å². The molecule has 0 amide bonds. The summed E-state index contributed by atoms with van der Waals surface area (Å²) in [5, 5.41) is 5.60. The van der Waals surface area contributed by atoms with Crippen LogP contribution < -0.4 is 10.1 Å². The summed E-state index contributed by atoms with van der Waals surface area (Å²) in [5.74, 6) is 1.59. The standard InChI is InChI=1S/C28H28N6O/c1-33-14-11-23(12-15-33)35-26-7-4-6-24-27(26)28(31-19-30-24)32-21-8-9-25-20(17-21)10-16-34(25)18-22-5-2-3-13-29-22/h2-10,13,16-17,19,23H,11-12,14-15,18H2,1H3,(H,30,31,32). The van der Waals surface area contributed by atoms with E-state index in [9.17, 15) is 0 Å². The molecule has 176 valence electrons. The predicted octanol–water partition coefficient (Wildman–Crippen LogP) is 5.24. The number of hydrogen-bond acceptors (Lipinski definition) is 6. The van der Waals surface area contributed by atoms with Crippen LogP contribution in [0.1, 0.15) is 18.5 Å². The van der Waals surface area contributed by atoms with Gasteiger partial charge in [-0.25, -0.2) is 9.97 Å². The number of rotatable bonds is 6.